The van der Waals surface area contributed by atoms with Crippen molar-refractivity contribution in [2.75, 3.05) is 13.6 Å². The van der Waals surface area contributed by atoms with E-state index in [1.54, 1.807) is 27.6 Å². The summed E-state index contributed by atoms with van der Waals surface area (Å²) < 4.78 is 26.9. The molecule has 0 spiro atoms. The summed E-state index contributed by atoms with van der Waals surface area (Å²) >= 11 is 9.97. The molecule has 0 bridgehead atoms. The molecule has 0 unspecified atom stereocenters. The molecular formula is C17H17ClN2O3S4. The van der Waals surface area contributed by atoms with Crippen LogP contribution in [0.25, 0.3) is 0 Å². The average Bonchev–Trinajstić information content (AvgIpc) is 3.36. The maximum atomic E-state index is 12.9. The lowest BCUT2D eigenvalue weighted by atomic mass is 10.3. The minimum Gasteiger partial charge on any atom is -0.331 e. The van der Waals surface area contributed by atoms with Crippen LogP contribution < -0.4 is 0 Å². The van der Waals surface area contributed by atoms with Crippen LogP contribution in [0.4, 0.5) is 0 Å². The van der Waals surface area contributed by atoms with E-state index in [0.29, 0.717) is 17.4 Å². The zero-order chi connectivity index (χ0) is 19.4. The SMILES string of the molecule is CN(CC(=O)N(Cc1cccs1)Cc1cccs1)S(=O)(=O)c1ccc(Cl)s1. The van der Waals surface area contributed by atoms with E-state index in [0.717, 1.165) is 25.4 Å². The van der Waals surface area contributed by atoms with Crippen LogP contribution in [-0.4, -0.2) is 37.1 Å². The largest absolute Gasteiger partial charge is 0.331 e. The summed E-state index contributed by atoms with van der Waals surface area (Å²) in [6, 6.07) is 10.8. The first kappa shape index (κ1) is 20.5. The highest BCUT2D eigenvalue weighted by Gasteiger charge is 2.27. The molecule has 0 atom stereocenters. The Morgan fingerprint density at radius 3 is 2.07 bits per heavy atom. The Bertz CT molecular complexity index is 945. The lowest BCUT2D eigenvalue weighted by Gasteiger charge is -2.24. The number of carbonyl (C=O) groups excluding carboxylic acids is 1. The van der Waals surface area contributed by atoms with E-state index in [1.807, 2.05) is 35.0 Å². The molecule has 3 rings (SSSR count). The number of hydrogen-bond acceptors (Lipinski definition) is 6. The summed E-state index contributed by atoms with van der Waals surface area (Å²) in [6.45, 7) is 0.675. The van der Waals surface area contributed by atoms with Crippen molar-refractivity contribution in [3.05, 3.63) is 61.2 Å². The number of rotatable bonds is 8. The lowest BCUT2D eigenvalue weighted by Crippen LogP contribution is -2.40. The van der Waals surface area contributed by atoms with Crippen molar-refractivity contribution in [1.29, 1.82) is 0 Å². The van der Waals surface area contributed by atoms with Crippen molar-refractivity contribution in [2.45, 2.75) is 17.3 Å². The Kier molecular flexibility index (Phi) is 6.72. The van der Waals surface area contributed by atoms with E-state index >= 15 is 0 Å². The maximum absolute atomic E-state index is 12.9. The van der Waals surface area contributed by atoms with E-state index in [2.05, 4.69) is 0 Å². The number of thiophene rings is 3. The van der Waals surface area contributed by atoms with E-state index in [4.69, 9.17) is 11.6 Å². The number of nitrogens with zero attached hydrogens (tertiary/aromatic N) is 2. The highest BCUT2D eigenvalue weighted by molar-refractivity contribution is 7.91. The minimum atomic E-state index is -3.75. The normalized spacial score (nSPS) is 11.8. The lowest BCUT2D eigenvalue weighted by molar-refractivity contribution is -0.132. The molecule has 3 heterocycles. The number of hydrogen-bond donors (Lipinski definition) is 0. The van der Waals surface area contributed by atoms with Crippen molar-refractivity contribution in [2.24, 2.45) is 0 Å². The Morgan fingerprint density at radius 1 is 1.04 bits per heavy atom. The first-order valence-corrected chi connectivity index (χ1v) is 12.3. The second-order valence-corrected chi connectivity index (χ2v) is 11.8. The molecule has 0 saturated carbocycles. The van der Waals surface area contributed by atoms with Crippen LogP contribution in [0.3, 0.4) is 0 Å². The van der Waals surface area contributed by atoms with Gasteiger partial charge in [0, 0.05) is 16.8 Å². The number of halogens is 1. The van der Waals surface area contributed by atoms with Gasteiger partial charge in [-0.15, -0.1) is 34.0 Å². The molecule has 0 fully saturated rings. The molecule has 0 N–H and O–H groups in total. The first-order valence-electron chi connectivity index (χ1n) is 7.90. The Morgan fingerprint density at radius 2 is 1.63 bits per heavy atom. The van der Waals surface area contributed by atoms with Gasteiger partial charge in [0.2, 0.25) is 5.91 Å². The molecule has 0 aliphatic heterocycles. The Labute approximate surface area is 175 Å². The van der Waals surface area contributed by atoms with Crippen LogP contribution in [0, 0.1) is 0 Å². The van der Waals surface area contributed by atoms with Crippen molar-refractivity contribution in [3.8, 4) is 0 Å². The second-order valence-electron chi connectivity index (χ2n) is 5.73. The molecular weight excluding hydrogens is 444 g/mol. The van der Waals surface area contributed by atoms with Gasteiger partial charge in [-0.1, -0.05) is 23.7 Å². The summed E-state index contributed by atoms with van der Waals surface area (Å²) in [5, 5.41) is 3.92. The minimum absolute atomic E-state index is 0.130. The standard InChI is InChI=1S/C17H17ClN2O3S4/c1-19(27(22,23)17-7-6-15(18)26-17)12-16(21)20(10-13-4-2-8-24-13)11-14-5-3-9-25-14/h2-9H,10-12H2,1H3. The Hall–Kier alpha value is -1.23. The number of amides is 1. The van der Waals surface area contributed by atoms with Gasteiger partial charge in [-0.25, -0.2) is 8.42 Å². The predicted octanol–water partition coefficient (Wildman–Crippen LogP) is 4.37. The average molecular weight is 461 g/mol. The van der Waals surface area contributed by atoms with Crippen molar-refractivity contribution >= 4 is 61.5 Å². The van der Waals surface area contributed by atoms with E-state index in [-0.39, 0.29) is 16.7 Å². The monoisotopic (exact) mass is 460 g/mol. The smallest absolute Gasteiger partial charge is 0.252 e. The van der Waals surface area contributed by atoms with E-state index < -0.39 is 10.0 Å². The van der Waals surface area contributed by atoms with Crippen LogP contribution in [0.15, 0.2) is 51.4 Å². The number of likely N-dealkylation sites (N-methyl/N-ethyl adjacent to an activating group) is 1. The summed E-state index contributed by atoms with van der Waals surface area (Å²) in [5.74, 6) is -0.245. The molecule has 1 amide bonds. The van der Waals surface area contributed by atoms with Crippen LogP contribution >= 0.6 is 45.6 Å². The van der Waals surface area contributed by atoms with Gasteiger partial charge in [0.15, 0.2) is 0 Å². The van der Waals surface area contributed by atoms with Crippen molar-refractivity contribution < 1.29 is 13.2 Å². The van der Waals surface area contributed by atoms with Crippen molar-refractivity contribution in [1.82, 2.24) is 9.21 Å². The second kappa shape index (κ2) is 8.85. The Balaban J connectivity index is 1.74. The zero-order valence-electron chi connectivity index (χ0n) is 14.4. The molecule has 144 valence electrons. The van der Waals surface area contributed by atoms with Gasteiger partial charge in [-0.2, -0.15) is 4.31 Å². The van der Waals surface area contributed by atoms with Gasteiger partial charge in [0.25, 0.3) is 10.0 Å². The molecule has 0 saturated heterocycles. The van der Waals surface area contributed by atoms with E-state index in [9.17, 15) is 13.2 Å². The van der Waals surface area contributed by atoms with Crippen LogP contribution in [-0.2, 0) is 27.9 Å². The third kappa shape index (κ3) is 5.18. The molecule has 10 heteroatoms. The summed E-state index contributed by atoms with van der Waals surface area (Å²) in [6.07, 6.45) is 0. The van der Waals surface area contributed by atoms with Gasteiger partial charge < -0.3 is 4.90 Å². The van der Waals surface area contributed by atoms with Crippen molar-refractivity contribution in [3.63, 3.8) is 0 Å². The van der Waals surface area contributed by atoms with Crippen LogP contribution in [0.2, 0.25) is 4.34 Å². The topological polar surface area (TPSA) is 57.7 Å². The highest BCUT2D eigenvalue weighted by atomic mass is 35.5. The number of sulfonamides is 1. The van der Waals surface area contributed by atoms with Gasteiger partial charge in [-0.05, 0) is 35.0 Å². The molecule has 5 nitrogen and oxygen atoms in total. The molecule has 3 aromatic heterocycles. The molecule has 0 aromatic carbocycles. The van der Waals surface area contributed by atoms with Gasteiger partial charge >= 0.3 is 0 Å². The zero-order valence-corrected chi connectivity index (χ0v) is 18.4. The molecule has 0 radical (unpaired) electrons. The van der Waals surface area contributed by atoms with Crippen LogP contribution in [0.5, 0.6) is 0 Å². The molecule has 27 heavy (non-hydrogen) atoms. The summed E-state index contributed by atoms with van der Waals surface area (Å²) in [4.78, 5) is 16.7. The first-order chi connectivity index (χ1) is 12.9. The fraction of sp³-hybridized carbons (Fsp3) is 0.235. The highest BCUT2D eigenvalue weighted by Crippen LogP contribution is 2.27. The van der Waals surface area contributed by atoms with Gasteiger partial charge in [-0.3, -0.25) is 4.79 Å². The van der Waals surface area contributed by atoms with Gasteiger partial charge in [0.05, 0.1) is 24.0 Å². The third-order valence-corrected chi connectivity index (χ3v) is 9.00. The van der Waals surface area contributed by atoms with E-state index in [1.165, 1.54) is 19.2 Å². The fourth-order valence-corrected chi connectivity index (χ4v) is 6.63. The fourth-order valence-electron chi connectivity index (χ4n) is 2.38. The summed E-state index contributed by atoms with van der Waals surface area (Å²) in [5.41, 5.74) is 0. The van der Waals surface area contributed by atoms with Gasteiger partial charge in [0.1, 0.15) is 4.21 Å². The quantitative estimate of drug-likeness (QED) is 0.501. The third-order valence-electron chi connectivity index (χ3n) is 3.78. The molecule has 0 aliphatic carbocycles. The summed E-state index contributed by atoms with van der Waals surface area (Å²) in [7, 11) is -2.33. The van der Waals surface area contributed by atoms with Crippen LogP contribution in [0.1, 0.15) is 9.75 Å². The molecule has 0 aliphatic rings. The predicted molar refractivity (Wildman–Crippen MR) is 112 cm³/mol. The maximum Gasteiger partial charge on any atom is 0.252 e. The molecule has 3 aromatic rings. The number of carbonyl (C=O) groups is 1.